The van der Waals surface area contributed by atoms with Gasteiger partial charge in [-0.15, -0.1) is 0 Å². The molecule has 6 nitrogen and oxygen atoms in total. The molecule has 1 fully saturated rings. The van der Waals surface area contributed by atoms with E-state index in [9.17, 15) is 8.42 Å². The van der Waals surface area contributed by atoms with Gasteiger partial charge in [0.2, 0.25) is 10.0 Å². The number of imidazole rings is 1. The van der Waals surface area contributed by atoms with Crippen molar-refractivity contribution in [2.75, 3.05) is 11.0 Å². The normalized spacial score (nSPS) is 14.3. The Kier molecular flexibility index (Phi) is 7.92. The van der Waals surface area contributed by atoms with Gasteiger partial charge in [-0.3, -0.25) is 4.72 Å². The molecule has 1 saturated carbocycles. The highest BCUT2D eigenvalue weighted by Crippen LogP contribution is 2.37. The number of aromatic nitrogens is 2. The maximum atomic E-state index is 15.7. The van der Waals surface area contributed by atoms with Gasteiger partial charge in [0.1, 0.15) is 24.0 Å². The van der Waals surface area contributed by atoms with Crippen LogP contribution in [0.4, 0.5) is 10.1 Å². The van der Waals surface area contributed by atoms with Crippen LogP contribution in [0.3, 0.4) is 0 Å². The molecule has 1 heterocycles. The number of rotatable bonds is 8. The summed E-state index contributed by atoms with van der Waals surface area (Å²) in [6, 6.07) is 25.7. The van der Waals surface area contributed by atoms with Crippen molar-refractivity contribution in [1.82, 2.24) is 9.55 Å². The van der Waals surface area contributed by atoms with E-state index in [4.69, 9.17) is 21.3 Å². The first-order valence-electron chi connectivity index (χ1n) is 14.0. The van der Waals surface area contributed by atoms with Crippen molar-refractivity contribution in [2.45, 2.75) is 44.8 Å². The summed E-state index contributed by atoms with van der Waals surface area (Å²) in [5.74, 6) is 0.585. The van der Waals surface area contributed by atoms with Crippen molar-refractivity contribution >= 4 is 38.3 Å². The first-order valence-corrected chi connectivity index (χ1v) is 16.3. The monoisotopic (exact) mass is 603 g/mol. The molecule has 0 aliphatic heterocycles. The van der Waals surface area contributed by atoms with Gasteiger partial charge in [-0.05, 0) is 78.1 Å². The van der Waals surface area contributed by atoms with E-state index in [0.29, 0.717) is 27.8 Å². The van der Waals surface area contributed by atoms with Gasteiger partial charge in [-0.2, -0.15) is 0 Å². The lowest BCUT2D eigenvalue weighted by Gasteiger charge is -2.25. The lowest BCUT2D eigenvalue weighted by atomic mass is 9.95. The summed E-state index contributed by atoms with van der Waals surface area (Å²) in [4.78, 5) is 4.85. The van der Waals surface area contributed by atoms with Crippen LogP contribution in [0, 0.1) is 5.82 Å². The maximum absolute atomic E-state index is 15.7. The van der Waals surface area contributed by atoms with Gasteiger partial charge in [0.25, 0.3) is 0 Å². The summed E-state index contributed by atoms with van der Waals surface area (Å²) in [6.07, 6.45) is 6.75. The predicted molar refractivity (Wildman–Crippen MR) is 167 cm³/mol. The number of benzene rings is 4. The topological polar surface area (TPSA) is 73.2 Å². The zero-order valence-corrected chi connectivity index (χ0v) is 24.8. The Labute approximate surface area is 250 Å². The highest BCUT2D eigenvalue weighted by atomic mass is 35.5. The van der Waals surface area contributed by atoms with Crippen LogP contribution in [0.15, 0.2) is 84.9 Å². The molecule has 1 N–H and O–H groups in total. The Morgan fingerprint density at radius 3 is 2.43 bits per heavy atom. The van der Waals surface area contributed by atoms with E-state index in [1.54, 1.807) is 36.4 Å². The maximum Gasteiger partial charge on any atom is 0.229 e. The lowest BCUT2D eigenvalue weighted by molar-refractivity contribution is 0.305. The van der Waals surface area contributed by atoms with E-state index in [1.165, 1.54) is 12.5 Å². The minimum absolute atomic E-state index is 0.0939. The highest BCUT2D eigenvalue weighted by Gasteiger charge is 2.24. The van der Waals surface area contributed by atoms with E-state index >= 15 is 4.39 Å². The molecule has 9 heteroatoms. The summed E-state index contributed by atoms with van der Waals surface area (Å²) in [5, 5.41) is 0.611. The van der Waals surface area contributed by atoms with Crippen molar-refractivity contribution in [2.24, 2.45) is 0 Å². The van der Waals surface area contributed by atoms with Gasteiger partial charge in [0.15, 0.2) is 0 Å². The van der Waals surface area contributed by atoms with Crippen molar-refractivity contribution in [3.63, 3.8) is 0 Å². The Morgan fingerprint density at radius 2 is 1.69 bits per heavy atom. The fourth-order valence-corrected chi connectivity index (χ4v) is 6.45. The summed E-state index contributed by atoms with van der Waals surface area (Å²) in [7, 11) is -3.47. The third-order valence-electron chi connectivity index (χ3n) is 7.68. The summed E-state index contributed by atoms with van der Waals surface area (Å²) in [5.41, 5.74) is 5.21. The molecule has 5 aromatic rings. The van der Waals surface area contributed by atoms with Crippen molar-refractivity contribution in [1.29, 1.82) is 0 Å². The van der Waals surface area contributed by atoms with E-state index in [-0.39, 0.29) is 12.6 Å². The molecule has 216 valence electrons. The Bertz CT molecular complexity index is 1850. The number of nitrogens with zero attached hydrogens (tertiary/aromatic N) is 2. The van der Waals surface area contributed by atoms with Crippen LogP contribution >= 0.6 is 11.6 Å². The Balaban J connectivity index is 1.31. The van der Waals surface area contributed by atoms with Crippen LogP contribution in [-0.2, 0) is 16.6 Å². The van der Waals surface area contributed by atoms with Crippen LogP contribution < -0.4 is 9.46 Å². The number of ether oxygens (including phenoxy) is 1. The largest absolute Gasteiger partial charge is 0.489 e. The molecule has 4 aromatic carbocycles. The Hall–Kier alpha value is -3.88. The molecule has 0 bridgehead atoms. The van der Waals surface area contributed by atoms with Crippen molar-refractivity contribution < 1.29 is 17.5 Å². The number of fused-ring (bicyclic) bond motifs is 1. The summed E-state index contributed by atoms with van der Waals surface area (Å²) < 4.78 is 50.2. The SMILES string of the molecule is CS(=O)(=O)Nc1ccc(-c2ccc(Cl)cc2)c(COc2ccc(-c3nc4ccccc4n3C3CCCCC3)c(F)c2)c1. The fraction of sp³-hybridized carbons (Fsp3) is 0.242. The smallest absolute Gasteiger partial charge is 0.229 e. The minimum atomic E-state index is -3.47. The molecule has 0 spiro atoms. The van der Waals surface area contributed by atoms with Gasteiger partial charge in [-0.1, -0.05) is 61.2 Å². The van der Waals surface area contributed by atoms with Gasteiger partial charge in [0, 0.05) is 22.8 Å². The van der Waals surface area contributed by atoms with Crippen LogP contribution in [0.1, 0.15) is 43.7 Å². The molecule has 0 unspecified atom stereocenters. The van der Waals surface area contributed by atoms with E-state index in [1.807, 2.05) is 36.4 Å². The van der Waals surface area contributed by atoms with Crippen LogP contribution in [-0.4, -0.2) is 24.2 Å². The van der Waals surface area contributed by atoms with Crippen molar-refractivity contribution in [3.8, 4) is 28.3 Å². The second kappa shape index (κ2) is 11.8. The molecule has 1 aliphatic carbocycles. The number of halogens is 2. The number of para-hydroxylation sites is 2. The quantitative estimate of drug-likeness (QED) is 0.193. The molecule has 0 saturated heterocycles. The third-order valence-corrected chi connectivity index (χ3v) is 8.53. The fourth-order valence-electron chi connectivity index (χ4n) is 5.77. The lowest BCUT2D eigenvalue weighted by Crippen LogP contribution is -2.14. The molecule has 1 aliphatic rings. The molecule has 0 radical (unpaired) electrons. The Morgan fingerprint density at radius 1 is 0.952 bits per heavy atom. The van der Waals surface area contributed by atoms with Gasteiger partial charge >= 0.3 is 0 Å². The molecule has 42 heavy (non-hydrogen) atoms. The van der Waals surface area contributed by atoms with Gasteiger partial charge in [-0.25, -0.2) is 17.8 Å². The zero-order valence-electron chi connectivity index (χ0n) is 23.2. The molecule has 0 amide bonds. The number of hydrogen-bond donors (Lipinski definition) is 1. The first kappa shape index (κ1) is 28.2. The predicted octanol–water partition coefficient (Wildman–Crippen LogP) is 8.62. The van der Waals surface area contributed by atoms with Gasteiger partial charge in [0.05, 0.1) is 22.9 Å². The molecule has 1 aromatic heterocycles. The second-order valence-electron chi connectivity index (χ2n) is 10.8. The number of anilines is 1. The molecular formula is C33H31ClFN3O3S. The average molecular weight is 604 g/mol. The molecule has 6 rings (SSSR count). The van der Waals surface area contributed by atoms with E-state index in [0.717, 1.165) is 59.7 Å². The van der Waals surface area contributed by atoms with Crippen LogP contribution in [0.25, 0.3) is 33.5 Å². The average Bonchev–Trinajstić information content (AvgIpc) is 3.36. The van der Waals surface area contributed by atoms with Crippen LogP contribution in [0.5, 0.6) is 5.75 Å². The third kappa shape index (κ3) is 6.15. The molecule has 0 atom stereocenters. The second-order valence-corrected chi connectivity index (χ2v) is 13.0. The van der Waals surface area contributed by atoms with Gasteiger partial charge < -0.3 is 9.30 Å². The molecular weight excluding hydrogens is 573 g/mol. The van der Waals surface area contributed by atoms with E-state index in [2.05, 4.69) is 15.4 Å². The van der Waals surface area contributed by atoms with E-state index < -0.39 is 15.8 Å². The number of sulfonamides is 1. The minimum Gasteiger partial charge on any atom is -0.489 e. The highest BCUT2D eigenvalue weighted by molar-refractivity contribution is 7.92. The van der Waals surface area contributed by atoms with Crippen LogP contribution in [0.2, 0.25) is 5.02 Å². The zero-order chi connectivity index (χ0) is 29.3. The first-order chi connectivity index (χ1) is 20.2. The van der Waals surface area contributed by atoms with Crippen molar-refractivity contribution in [3.05, 3.63) is 101 Å². The number of hydrogen-bond acceptors (Lipinski definition) is 4. The standard InChI is InChI=1S/C33H31ClFN3O3S/c1-42(39,40)37-25-15-17-28(22-11-13-24(34)14-12-22)23(19-25)21-41-27-16-18-29(30(35)20-27)33-36-31-9-5-6-10-32(31)38(33)26-7-3-2-4-8-26/h5-6,9-20,26,37H,2-4,7-8,21H2,1H3. The summed E-state index contributed by atoms with van der Waals surface area (Å²) >= 11 is 6.08. The summed E-state index contributed by atoms with van der Waals surface area (Å²) in [6.45, 7) is 0.0939. The number of nitrogens with one attached hydrogen (secondary N) is 1.